The van der Waals surface area contributed by atoms with Crippen LogP contribution in [0, 0.1) is 0 Å². The Morgan fingerprint density at radius 3 is 1.39 bits per heavy atom. The van der Waals surface area contributed by atoms with E-state index in [4.69, 9.17) is 9.47 Å². The van der Waals surface area contributed by atoms with Crippen molar-refractivity contribution >= 4 is 21.5 Å². The molecule has 4 heteroatoms. The number of rotatable bonds is 7. The van der Waals surface area contributed by atoms with E-state index in [1.54, 1.807) is 0 Å². The number of fused-ring (bicyclic) bond motifs is 2. The highest BCUT2D eigenvalue weighted by Gasteiger charge is 2.18. The van der Waals surface area contributed by atoms with E-state index in [1.807, 2.05) is 48.5 Å². The zero-order chi connectivity index (χ0) is 19.3. The predicted octanol–water partition coefficient (Wildman–Crippen LogP) is 4.40. The molecule has 2 N–H and O–H groups in total. The van der Waals surface area contributed by atoms with Crippen molar-refractivity contribution in [2.45, 2.75) is 0 Å². The van der Waals surface area contributed by atoms with Gasteiger partial charge >= 0.3 is 0 Å². The van der Waals surface area contributed by atoms with E-state index in [1.165, 1.54) is 0 Å². The minimum absolute atomic E-state index is 0.0598. The molecule has 4 aromatic carbocycles. The van der Waals surface area contributed by atoms with Crippen molar-refractivity contribution in [2.75, 3.05) is 26.4 Å². The number of aliphatic hydroxyl groups excluding tert-OH is 2. The van der Waals surface area contributed by atoms with Crippen molar-refractivity contribution in [3.8, 4) is 22.6 Å². The summed E-state index contributed by atoms with van der Waals surface area (Å²) >= 11 is 0. The maximum atomic E-state index is 9.27. The van der Waals surface area contributed by atoms with Crippen LogP contribution in [0.15, 0.2) is 72.8 Å². The largest absolute Gasteiger partial charge is 0.491 e. The smallest absolute Gasteiger partial charge is 0.128 e. The molecule has 142 valence electrons. The summed E-state index contributed by atoms with van der Waals surface area (Å²) in [7, 11) is 0. The van der Waals surface area contributed by atoms with Crippen LogP contribution in [0.3, 0.4) is 0 Å². The number of hydrogen-bond acceptors (Lipinski definition) is 4. The monoisotopic (exact) mass is 374 g/mol. The molecule has 0 aliphatic rings. The summed E-state index contributed by atoms with van der Waals surface area (Å²) in [6.45, 7) is 0.303. The van der Waals surface area contributed by atoms with Gasteiger partial charge < -0.3 is 19.7 Å². The van der Waals surface area contributed by atoms with Crippen molar-refractivity contribution < 1.29 is 19.7 Å². The first-order chi connectivity index (χ1) is 13.8. The maximum absolute atomic E-state index is 9.27. The molecule has 0 aliphatic carbocycles. The molecule has 0 heterocycles. The van der Waals surface area contributed by atoms with Crippen molar-refractivity contribution in [3.05, 3.63) is 72.8 Å². The van der Waals surface area contributed by atoms with Gasteiger partial charge in [-0.05, 0) is 33.7 Å². The lowest BCUT2D eigenvalue weighted by Gasteiger charge is -2.19. The van der Waals surface area contributed by atoms with Gasteiger partial charge in [-0.2, -0.15) is 0 Å². The highest BCUT2D eigenvalue weighted by Crippen LogP contribution is 2.45. The topological polar surface area (TPSA) is 58.9 Å². The van der Waals surface area contributed by atoms with Crippen LogP contribution in [0.1, 0.15) is 0 Å². The van der Waals surface area contributed by atoms with Crippen LogP contribution < -0.4 is 9.47 Å². The number of aliphatic hydroxyl groups is 2. The molecule has 0 amide bonds. The quantitative estimate of drug-likeness (QED) is 0.503. The molecule has 0 aliphatic heterocycles. The second-order valence-electron chi connectivity index (χ2n) is 6.46. The Balaban J connectivity index is 2.07. The maximum Gasteiger partial charge on any atom is 0.128 e. The summed E-state index contributed by atoms with van der Waals surface area (Å²) in [5, 5.41) is 22.8. The highest BCUT2D eigenvalue weighted by atomic mass is 16.5. The van der Waals surface area contributed by atoms with Crippen LogP contribution >= 0.6 is 0 Å². The van der Waals surface area contributed by atoms with Gasteiger partial charge in [-0.15, -0.1) is 0 Å². The third-order valence-corrected chi connectivity index (χ3v) is 4.73. The Morgan fingerprint density at radius 1 is 0.536 bits per heavy atom. The fourth-order valence-corrected chi connectivity index (χ4v) is 3.57. The van der Waals surface area contributed by atoms with Crippen LogP contribution in [-0.4, -0.2) is 36.6 Å². The fraction of sp³-hybridized carbons (Fsp3) is 0.167. The summed E-state index contributed by atoms with van der Waals surface area (Å²) < 4.78 is 11.8. The first kappa shape index (κ1) is 18.3. The third kappa shape index (κ3) is 3.40. The second-order valence-corrected chi connectivity index (χ2v) is 6.46. The average molecular weight is 374 g/mol. The van der Waals surface area contributed by atoms with Gasteiger partial charge in [0.25, 0.3) is 0 Å². The van der Waals surface area contributed by atoms with Gasteiger partial charge in [-0.3, -0.25) is 0 Å². The van der Waals surface area contributed by atoms with Gasteiger partial charge in [0.15, 0.2) is 0 Å². The molecule has 0 atom stereocenters. The molecule has 0 unspecified atom stereocenters. The van der Waals surface area contributed by atoms with Crippen molar-refractivity contribution in [2.24, 2.45) is 0 Å². The first-order valence-electron chi connectivity index (χ1n) is 9.34. The Kier molecular flexibility index (Phi) is 5.42. The minimum Gasteiger partial charge on any atom is -0.491 e. The van der Waals surface area contributed by atoms with Crippen LogP contribution in [0.2, 0.25) is 0 Å². The van der Waals surface area contributed by atoms with E-state index in [2.05, 4.69) is 24.3 Å². The fourth-order valence-electron chi connectivity index (χ4n) is 3.57. The average Bonchev–Trinajstić information content (AvgIpc) is 2.75. The molecule has 0 saturated heterocycles. The van der Waals surface area contributed by atoms with Crippen molar-refractivity contribution in [1.29, 1.82) is 0 Å². The van der Waals surface area contributed by atoms with E-state index in [0.717, 1.165) is 32.7 Å². The zero-order valence-corrected chi connectivity index (χ0v) is 15.5. The molecule has 4 rings (SSSR count). The molecule has 4 nitrogen and oxygen atoms in total. The molecule has 0 radical (unpaired) electrons. The van der Waals surface area contributed by atoms with E-state index < -0.39 is 0 Å². The normalized spacial score (nSPS) is 11.1. The summed E-state index contributed by atoms with van der Waals surface area (Å²) in [5.41, 5.74) is 1.85. The molecule has 4 aromatic rings. The van der Waals surface area contributed by atoms with Crippen molar-refractivity contribution in [3.63, 3.8) is 0 Å². The van der Waals surface area contributed by atoms with Crippen LogP contribution in [0.25, 0.3) is 32.7 Å². The number of hydrogen-bond donors (Lipinski definition) is 2. The van der Waals surface area contributed by atoms with E-state index in [9.17, 15) is 10.2 Å². The van der Waals surface area contributed by atoms with E-state index >= 15 is 0 Å². The lowest BCUT2D eigenvalue weighted by Crippen LogP contribution is -2.05. The van der Waals surface area contributed by atoms with Gasteiger partial charge in [0.05, 0.1) is 13.2 Å². The van der Waals surface area contributed by atoms with Crippen LogP contribution in [0.5, 0.6) is 11.5 Å². The molecule has 28 heavy (non-hydrogen) atoms. The molecule has 0 bridgehead atoms. The van der Waals surface area contributed by atoms with Gasteiger partial charge in [-0.25, -0.2) is 0 Å². The van der Waals surface area contributed by atoms with E-state index in [-0.39, 0.29) is 26.4 Å². The predicted molar refractivity (Wildman–Crippen MR) is 112 cm³/mol. The standard InChI is InChI=1S/C24H22O4/c25-13-15-27-21-11-9-17-5-1-3-7-19(17)23(21)24-20-8-4-2-6-18(20)10-12-22(24)28-16-14-26/h1-12,25-26H,13-16H2. The minimum atomic E-state index is -0.0598. The molecular formula is C24H22O4. The second kappa shape index (κ2) is 8.30. The Morgan fingerprint density at radius 2 is 0.964 bits per heavy atom. The van der Waals surface area contributed by atoms with Gasteiger partial charge in [-0.1, -0.05) is 60.7 Å². The summed E-state index contributed by atoms with van der Waals surface area (Å²) in [4.78, 5) is 0. The zero-order valence-electron chi connectivity index (χ0n) is 15.5. The Labute approximate surface area is 163 Å². The lowest BCUT2D eigenvalue weighted by molar-refractivity contribution is 0.200. The molecular weight excluding hydrogens is 352 g/mol. The van der Waals surface area contributed by atoms with Gasteiger partial charge in [0.2, 0.25) is 0 Å². The first-order valence-corrected chi connectivity index (χ1v) is 9.34. The van der Waals surface area contributed by atoms with Gasteiger partial charge in [0.1, 0.15) is 24.7 Å². The molecule has 0 spiro atoms. The van der Waals surface area contributed by atoms with Gasteiger partial charge in [0, 0.05) is 11.1 Å². The summed E-state index contributed by atoms with van der Waals surface area (Å²) in [6, 6.07) is 24.2. The SMILES string of the molecule is OCCOc1ccc2ccccc2c1-c1c(OCCO)ccc2ccccc12. The molecule has 0 fully saturated rings. The van der Waals surface area contributed by atoms with Crippen molar-refractivity contribution in [1.82, 2.24) is 0 Å². The molecule has 0 saturated carbocycles. The van der Waals surface area contributed by atoms with Crippen LogP contribution in [-0.2, 0) is 0 Å². The Bertz CT molecular complexity index is 1010. The van der Waals surface area contributed by atoms with E-state index in [0.29, 0.717) is 11.5 Å². The number of ether oxygens (including phenoxy) is 2. The summed E-state index contributed by atoms with van der Waals surface area (Å²) in [6.07, 6.45) is 0. The highest BCUT2D eigenvalue weighted by molar-refractivity contribution is 6.09. The third-order valence-electron chi connectivity index (χ3n) is 4.73. The van der Waals surface area contributed by atoms with Crippen LogP contribution in [0.4, 0.5) is 0 Å². The number of benzene rings is 4. The molecule has 0 aromatic heterocycles. The lowest BCUT2D eigenvalue weighted by atomic mass is 9.92. The summed E-state index contributed by atoms with van der Waals surface area (Å²) in [5.74, 6) is 1.39. The Hall–Kier alpha value is -3.08.